The van der Waals surface area contributed by atoms with E-state index in [4.69, 9.17) is 18.5 Å². The van der Waals surface area contributed by atoms with Crippen LogP contribution in [0.25, 0.3) is 0 Å². The van der Waals surface area contributed by atoms with Crippen molar-refractivity contribution in [1.82, 2.24) is 0 Å². The molecule has 0 heterocycles. The Kier molecular flexibility index (Phi) is 35.4. The molecule has 1 N–H and O–H groups in total. The summed E-state index contributed by atoms with van der Waals surface area (Å²) in [5.74, 6) is -0.926. The molecule has 0 saturated heterocycles. The molecular weight excluding hydrogens is 725 g/mol. The Balaban J connectivity index is 4.58. The molecule has 0 radical (unpaired) electrons. The highest BCUT2D eigenvalue weighted by molar-refractivity contribution is 7.47. The summed E-state index contributed by atoms with van der Waals surface area (Å²) in [6.45, 7) is 4.13. The first-order chi connectivity index (χ1) is 27.0. The summed E-state index contributed by atoms with van der Waals surface area (Å²) in [6, 6.07) is 0. The van der Waals surface area contributed by atoms with Gasteiger partial charge >= 0.3 is 19.8 Å². The average Bonchev–Trinajstić information content (AvgIpc) is 3.15. The van der Waals surface area contributed by atoms with Crippen LogP contribution in [0.3, 0.4) is 0 Å². The van der Waals surface area contributed by atoms with Gasteiger partial charge in [0.1, 0.15) is 19.8 Å². The molecule has 0 aromatic carbocycles. The fourth-order valence-corrected chi connectivity index (χ4v) is 5.56. The van der Waals surface area contributed by atoms with Crippen molar-refractivity contribution in [2.24, 2.45) is 0 Å². The number of ether oxygens (including phenoxy) is 2. The Labute approximate surface area is 341 Å². The van der Waals surface area contributed by atoms with Crippen LogP contribution in [-0.2, 0) is 32.7 Å². The van der Waals surface area contributed by atoms with Gasteiger partial charge in [0.25, 0.3) is 0 Å². The number of rotatable bonds is 36. The number of unbranched alkanes of at least 4 members (excludes halogenated alkanes) is 6. The van der Waals surface area contributed by atoms with Crippen molar-refractivity contribution in [3.63, 3.8) is 0 Å². The zero-order valence-electron chi connectivity index (χ0n) is 35.6. The summed E-state index contributed by atoms with van der Waals surface area (Å²) >= 11 is 0. The molecule has 0 amide bonds. The van der Waals surface area contributed by atoms with Gasteiger partial charge in [0, 0.05) is 12.8 Å². The van der Waals surface area contributed by atoms with E-state index in [2.05, 4.69) is 105 Å². The van der Waals surface area contributed by atoms with Crippen LogP contribution in [0.2, 0.25) is 0 Å². The number of allylic oxidation sites excluding steroid dienone is 16. The number of esters is 2. The largest absolute Gasteiger partial charge is 0.472 e. The Hall–Kier alpha value is -3.07. The minimum atomic E-state index is -4.40. The Morgan fingerprint density at radius 1 is 0.571 bits per heavy atom. The Morgan fingerprint density at radius 2 is 1.02 bits per heavy atom. The van der Waals surface area contributed by atoms with Crippen LogP contribution in [0.15, 0.2) is 97.2 Å². The van der Waals surface area contributed by atoms with E-state index in [0.717, 1.165) is 64.2 Å². The lowest BCUT2D eigenvalue weighted by Gasteiger charge is -2.24. The molecule has 0 aliphatic carbocycles. The van der Waals surface area contributed by atoms with Crippen LogP contribution in [-0.4, -0.2) is 74.9 Å². The first-order valence-electron chi connectivity index (χ1n) is 21.0. The topological polar surface area (TPSA) is 108 Å². The highest BCUT2D eigenvalue weighted by atomic mass is 31.2. The van der Waals surface area contributed by atoms with Crippen molar-refractivity contribution in [1.29, 1.82) is 0 Å². The van der Waals surface area contributed by atoms with Crippen LogP contribution < -0.4 is 0 Å². The fraction of sp³-hybridized carbons (Fsp3) is 0.609. The van der Waals surface area contributed by atoms with Crippen LogP contribution in [0, 0.1) is 0 Å². The van der Waals surface area contributed by atoms with Gasteiger partial charge in [-0.15, -0.1) is 0 Å². The number of carbonyl (C=O) groups excluding carboxylic acids is 2. The van der Waals surface area contributed by atoms with Gasteiger partial charge in [0.15, 0.2) is 6.10 Å². The van der Waals surface area contributed by atoms with E-state index < -0.39 is 32.5 Å². The summed E-state index contributed by atoms with van der Waals surface area (Å²) in [5, 5.41) is 0. The van der Waals surface area contributed by atoms with Crippen molar-refractivity contribution in [3.8, 4) is 0 Å². The summed E-state index contributed by atoms with van der Waals surface area (Å²) in [4.78, 5) is 35.3. The molecule has 0 aliphatic heterocycles. The van der Waals surface area contributed by atoms with Gasteiger partial charge in [-0.1, -0.05) is 124 Å². The minimum absolute atomic E-state index is 0.00936. The summed E-state index contributed by atoms with van der Waals surface area (Å²) in [6.07, 6.45) is 49.0. The van der Waals surface area contributed by atoms with E-state index in [1.807, 2.05) is 27.2 Å². The van der Waals surface area contributed by atoms with Gasteiger partial charge < -0.3 is 18.9 Å². The molecule has 0 spiro atoms. The maximum absolute atomic E-state index is 12.6. The van der Waals surface area contributed by atoms with Crippen molar-refractivity contribution >= 4 is 19.8 Å². The molecule has 2 atom stereocenters. The molecule has 56 heavy (non-hydrogen) atoms. The molecule has 0 aromatic heterocycles. The summed E-state index contributed by atoms with van der Waals surface area (Å²) in [5.41, 5.74) is 0. The third-order valence-electron chi connectivity index (χ3n) is 8.10. The van der Waals surface area contributed by atoms with Crippen LogP contribution in [0.4, 0.5) is 0 Å². The van der Waals surface area contributed by atoms with Gasteiger partial charge in [-0.25, -0.2) is 4.57 Å². The van der Waals surface area contributed by atoms with Gasteiger partial charge in [0.2, 0.25) is 0 Å². The zero-order chi connectivity index (χ0) is 41.4. The van der Waals surface area contributed by atoms with Crippen LogP contribution in [0.1, 0.15) is 129 Å². The van der Waals surface area contributed by atoms with Crippen molar-refractivity contribution in [2.45, 2.75) is 136 Å². The van der Waals surface area contributed by atoms with Crippen LogP contribution >= 0.6 is 7.82 Å². The highest BCUT2D eigenvalue weighted by Gasteiger charge is 2.27. The van der Waals surface area contributed by atoms with E-state index in [9.17, 15) is 19.0 Å². The molecule has 0 rings (SSSR count). The van der Waals surface area contributed by atoms with Crippen molar-refractivity contribution in [2.75, 3.05) is 47.5 Å². The van der Waals surface area contributed by atoms with E-state index in [0.29, 0.717) is 23.9 Å². The monoisotopic (exact) mass is 803 g/mol. The molecular formula is C46H77NO8P+. The van der Waals surface area contributed by atoms with E-state index in [1.165, 1.54) is 25.7 Å². The number of carbonyl (C=O) groups is 2. The molecule has 0 fully saturated rings. The third kappa shape index (κ3) is 40.6. The highest BCUT2D eigenvalue weighted by Crippen LogP contribution is 2.43. The smallest absolute Gasteiger partial charge is 0.462 e. The molecule has 0 aromatic rings. The zero-order valence-corrected chi connectivity index (χ0v) is 36.5. The second-order valence-electron chi connectivity index (χ2n) is 14.6. The van der Waals surface area contributed by atoms with Crippen molar-refractivity contribution < 1.29 is 42.1 Å². The summed E-state index contributed by atoms with van der Waals surface area (Å²) < 4.78 is 34.1. The van der Waals surface area contributed by atoms with Gasteiger partial charge in [-0.05, 0) is 89.9 Å². The predicted octanol–water partition coefficient (Wildman–Crippen LogP) is 11.8. The molecule has 0 aliphatic rings. The number of hydrogen-bond donors (Lipinski definition) is 1. The minimum Gasteiger partial charge on any atom is -0.462 e. The van der Waals surface area contributed by atoms with Gasteiger partial charge in [-0.2, -0.15) is 0 Å². The number of phosphoric acid groups is 1. The first kappa shape index (κ1) is 52.9. The molecule has 318 valence electrons. The second kappa shape index (κ2) is 37.5. The Morgan fingerprint density at radius 3 is 1.50 bits per heavy atom. The molecule has 10 heteroatoms. The maximum Gasteiger partial charge on any atom is 0.472 e. The lowest BCUT2D eigenvalue weighted by molar-refractivity contribution is -0.870. The molecule has 9 nitrogen and oxygen atoms in total. The lowest BCUT2D eigenvalue weighted by atomic mass is 10.2. The number of quaternary nitrogens is 1. The molecule has 0 saturated carbocycles. The average molecular weight is 803 g/mol. The maximum atomic E-state index is 12.6. The number of likely N-dealkylation sites (N-methyl/N-ethyl adjacent to an activating group) is 1. The third-order valence-corrected chi connectivity index (χ3v) is 9.08. The molecule has 0 bridgehead atoms. The molecule has 1 unspecified atom stereocenters. The first-order valence-corrected chi connectivity index (χ1v) is 22.5. The predicted molar refractivity (Wildman–Crippen MR) is 233 cm³/mol. The number of nitrogens with zero attached hydrogens (tertiary/aromatic N) is 1. The van der Waals surface area contributed by atoms with Gasteiger partial charge in [0.05, 0.1) is 27.7 Å². The normalized spacial score (nSPS) is 14.6. The van der Waals surface area contributed by atoms with E-state index in [-0.39, 0.29) is 26.1 Å². The standard InChI is InChI=1S/C46H76NO8P/c1-6-8-10-12-14-16-18-20-22-23-25-26-28-30-32-34-36-38-45(48)52-42-44(43-54-56(50,51)53-41-40-47(3,4)5)55-46(49)39-37-35-33-31-29-27-24-21-19-17-15-13-11-9-7-2/h9,11,14-17,20-22,24-26,29-32,44H,6-8,10,12-13,18-19,23,27-28,33-43H2,1-5H3/p+1/b11-9+,16-14+,17-15+,22-20+,24-21+,26-25+,31-29+,32-30+/t44-/m1/s1. The van der Waals surface area contributed by atoms with E-state index in [1.54, 1.807) is 0 Å². The number of phosphoric ester groups is 1. The quantitative estimate of drug-likeness (QED) is 0.0219. The fourth-order valence-electron chi connectivity index (χ4n) is 4.82. The number of hydrogen-bond acceptors (Lipinski definition) is 7. The SMILES string of the molecule is CC/C=C/C/C=C/C/C=C/C/C=C/CCCCC(=O)O[C@H](COC(=O)CCC/C=C/C/C=C/C/C=C/C/C=C/CCCCC)COP(=O)(O)OCC[N+](C)(C)C. The van der Waals surface area contributed by atoms with Crippen molar-refractivity contribution in [3.05, 3.63) is 97.2 Å². The lowest BCUT2D eigenvalue weighted by Crippen LogP contribution is -2.37. The Bertz CT molecular complexity index is 1270. The van der Waals surface area contributed by atoms with E-state index >= 15 is 0 Å². The van der Waals surface area contributed by atoms with Gasteiger partial charge in [-0.3, -0.25) is 18.6 Å². The van der Waals surface area contributed by atoms with Crippen LogP contribution in [0.5, 0.6) is 0 Å². The second-order valence-corrected chi connectivity index (χ2v) is 16.1. The summed E-state index contributed by atoms with van der Waals surface area (Å²) in [7, 11) is 1.40.